The fourth-order valence-corrected chi connectivity index (χ4v) is 2.28. The van der Waals surface area contributed by atoms with Gasteiger partial charge in [-0.05, 0) is 25.1 Å². The fourth-order valence-electron chi connectivity index (χ4n) is 2.09. The number of rotatable bonds is 6. The van der Waals surface area contributed by atoms with E-state index in [4.69, 9.17) is 22.1 Å². The number of nitrogens with two attached hydrogens (primary N) is 1. The molecule has 0 saturated carbocycles. The first kappa shape index (κ1) is 19.1. The second-order valence-electron chi connectivity index (χ2n) is 5.25. The van der Waals surface area contributed by atoms with Crippen LogP contribution < -0.4 is 5.73 Å². The molecule has 0 aliphatic carbocycles. The van der Waals surface area contributed by atoms with Crippen molar-refractivity contribution in [1.82, 2.24) is 0 Å². The zero-order chi connectivity index (χ0) is 19.4. The summed E-state index contributed by atoms with van der Waals surface area (Å²) in [5, 5.41) is 10.9. The predicted octanol–water partition coefficient (Wildman–Crippen LogP) is 2.51. The minimum atomic E-state index is -1.18. The van der Waals surface area contributed by atoms with Gasteiger partial charge in [0.15, 0.2) is 11.9 Å². The Kier molecular flexibility index (Phi) is 5.68. The number of nitro benzene ring substituents is 1. The Bertz CT molecular complexity index is 912. The van der Waals surface area contributed by atoms with Crippen LogP contribution in [0.4, 0.5) is 5.69 Å². The molecule has 0 heterocycles. The summed E-state index contributed by atoms with van der Waals surface area (Å²) < 4.78 is 4.91. The molecule has 0 bridgehead atoms. The highest BCUT2D eigenvalue weighted by atomic mass is 35.5. The summed E-state index contributed by atoms with van der Waals surface area (Å²) in [6.07, 6.45) is -1.18. The van der Waals surface area contributed by atoms with Gasteiger partial charge in [-0.15, -0.1) is 0 Å². The van der Waals surface area contributed by atoms with E-state index in [0.29, 0.717) is 0 Å². The van der Waals surface area contributed by atoms with Gasteiger partial charge in [0.05, 0.1) is 10.5 Å². The smallest absolute Gasteiger partial charge is 0.339 e. The number of carbonyl (C=O) groups is 3. The lowest BCUT2D eigenvalue weighted by Gasteiger charge is -2.12. The van der Waals surface area contributed by atoms with Gasteiger partial charge in [0.1, 0.15) is 5.02 Å². The Morgan fingerprint density at radius 3 is 2.35 bits per heavy atom. The fraction of sp³-hybridized carbons (Fsp3) is 0.118. The van der Waals surface area contributed by atoms with Crippen LogP contribution in [0.5, 0.6) is 0 Å². The number of amides is 1. The van der Waals surface area contributed by atoms with E-state index >= 15 is 0 Å². The van der Waals surface area contributed by atoms with Crippen molar-refractivity contribution in [3.63, 3.8) is 0 Å². The second kappa shape index (κ2) is 7.75. The molecule has 0 aliphatic rings. The van der Waals surface area contributed by atoms with Crippen molar-refractivity contribution in [3.8, 4) is 0 Å². The van der Waals surface area contributed by atoms with Crippen molar-refractivity contribution in [2.75, 3.05) is 0 Å². The molecule has 2 N–H and O–H groups in total. The van der Waals surface area contributed by atoms with Crippen LogP contribution in [0.15, 0.2) is 42.5 Å². The molecular formula is C17H13ClN2O6. The van der Waals surface area contributed by atoms with E-state index in [0.717, 1.165) is 6.07 Å². The molecule has 0 unspecified atom stereocenters. The van der Waals surface area contributed by atoms with Gasteiger partial charge < -0.3 is 10.5 Å². The van der Waals surface area contributed by atoms with Crippen LogP contribution in [0, 0.1) is 10.1 Å². The van der Waals surface area contributed by atoms with E-state index in [1.165, 1.54) is 43.3 Å². The Balaban J connectivity index is 2.42. The summed E-state index contributed by atoms with van der Waals surface area (Å²) in [5.41, 5.74) is 4.47. The molecule has 2 rings (SSSR count). The molecule has 2 aromatic rings. The molecule has 2 aromatic carbocycles. The number of ketones is 1. The first-order valence-corrected chi connectivity index (χ1v) is 7.68. The summed E-state index contributed by atoms with van der Waals surface area (Å²) in [7, 11) is 0. The maximum absolute atomic E-state index is 12.7. The minimum absolute atomic E-state index is 0.0238. The number of benzene rings is 2. The number of hydrogen-bond acceptors (Lipinski definition) is 6. The monoisotopic (exact) mass is 376 g/mol. The zero-order valence-electron chi connectivity index (χ0n) is 13.5. The molecule has 0 saturated heterocycles. The van der Waals surface area contributed by atoms with Crippen molar-refractivity contribution in [2.24, 2.45) is 5.73 Å². The van der Waals surface area contributed by atoms with Crippen LogP contribution >= 0.6 is 11.6 Å². The Hall–Kier alpha value is -3.26. The van der Waals surface area contributed by atoms with E-state index in [1.807, 2.05) is 0 Å². The van der Waals surface area contributed by atoms with E-state index in [9.17, 15) is 24.5 Å². The summed E-state index contributed by atoms with van der Waals surface area (Å²) in [4.78, 5) is 46.3. The number of nitro groups is 1. The highest BCUT2D eigenvalue weighted by molar-refractivity contribution is 6.33. The van der Waals surface area contributed by atoms with Gasteiger partial charge in [-0.25, -0.2) is 4.79 Å². The summed E-state index contributed by atoms with van der Waals surface area (Å²) >= 11 is 5.74. The van der Waals surface area contributed by atoms with Gasteiger partial charge >= 0.3 is 5.97 Å². The van der Waals surface area contributed by atoms with Crippen LogP contribution in [-0.4, -0.2) is 28.7 Å². The van der Waals surface area contributed by atoms with Crippen LogP contribution in [0.3, 0.4) is 0 Å². The normalized spacial score (nSPS) is 11.5. The van der Waals surface area contributed by atoms with Crippen molar-refractivity contribution in [3.05, 3.63) is 74.3 Å². The van der Waals surface area contributed by atoms with Crippen molar-refractivity contribution < 1.29 is 24.0 Å². The molecule has 0 aromatic heterocycles. The zero-order valence-corrected chi connectivity index (χ0v) is 14.2. The van der Waals surface area contributed by atoms with Crippen LogP contribution in [0.25, 0.3) is 0 Å². The average Bonchev–Trinajstić information content (AvgIpc) is 2.61. The average molecular weight is 377 g/mol. The summed E-state index contributed by atoms with van der Waals surface area (Å²) in [6.45, 7) is 1.30. The number of carbonyl (C=O) groups excluding carboxylic acids is 3. The third-order valence-corrected chi connectivity index (χ3v) is 3.80. The molecule has 0 radical (unpaired) electrons. The third-order valence-electron chi connectivity index (χ3n) is 3.48. The van der Waals surface area contributed by atoms with Gasteiger partial charge in [0.2, 0.25) is 0 Å². The molecule has 9 heteroatoms. The molecule has 134 valence electrons. The van der Waals surface area contributed by atoms with Crippen molar-refractivity contribution in [2.45, 2.75) is 13.0 Å². The number of halogens is 1. The topological polar surface area (TPSA) is 130 Å². The van der Waals surface area contributed by atoms with Gasteiger partial charge in [-0.2, -0.15) is 0 Å². The number of hydrogen-bond donors (Lipinski definition) is 1. The molecule has 1 amide bonds. The lowest BCUT2D eigenvalue weighted by atomic mass is 9.98. The molecule has 26 heavy (non-hydrogen) atoms. The Morgan fingerprint density at radius 1 is 1.15 bits per heavy atom. The number of nitrogens with zero attached hydrogens (tertiary/aromatic N) is 1. The van der Waals surface area contributed by atoms with Crippen molar-refractivity contribution in [1.29, 1.82) is 0 Å². The Morgan fingerprint density at radius 2 is 1.77 bits per heavy atom. The Labute approximate surface area is 152 Å². The molecule has 8 nitrogen and oxygen atoms in total. The van der Waals surface area contributed by atoms with Gasteiger partial charge in [-0.3, -0.25) is 19.7 Å². The lowest BCUT2D eigenvalue weighted by molar-refractivity contribution is -0.384. The predicted molar refractivity (Wildman–Crippen MR) is 92.1 cm³/mol. The summed E-state index contributed by atoms with van der Waals surface area (Å²) in [6, 6.07) is 9.30. The third kappa shape index (κ3) is 4.04. The van der Waals surface area contributed by atoms with E-state index < -0.39 is 34.4 Å². The van der Waals surface area contributed by atoms with Gasteiger partial charge in [0.25, 0.3) is 11.6 Å². The number of primary amides is 1. The van der Waals surface area contributed by atoms with Gasteiger partial charge in [-0.1, -0.05) is 29.8 Å². The van der Waals surface area contributed by atoms with Crippen LogP contribution in [-0.2, 0) is 9.53 Å². The maximum Gasteiger partial charge on any atom is 0.339 e. The highest BCUT2D eigenvalue weighted by Crippen LogP contribution is 2.27. The van der Waals surface area contributed by atoms with E-state index in [-0.39, 0.29) is 21.7 Å². The number of ether oxygens (including phenoxy) is 1. The van der Waals surface area contributed by atoms with E-state index in [2.05, 4.69) is 0 Å². The van der Waals surface area contributed by atoms with E-state index in [1.54, 1.807) is 0 Å². The molecular weight excluding hydrogens is 364 g/mol. The largest absolute Gasteiger partial charge is 0.449 e. The van der Waals surface area contributed by atoms with Gasteiger partial charge in [0, 0.05) is 17.2 Å². The summed E-state index contributed by atoms with van der Waals surface area (Å²) in [5.74, 6) is -2.39. The quantitative estimate of drug-likeness (QED) is 0.357. The van der Waals surface area contributed by atoms with Crippen LogP contribution in [0.2, 0.25) is 5.02 Å². The highest BCUT2D eigenvalue weighted by Gasteiger charge is 2.24. The molecule has 1 atom stereocenters. The first-order chi connectivity index (χ1) is 12.2. The molecule has 0 aliphatic heterocycles. The lowest BCUT2D eigenvalue weighted by Crippen LogP contribution is -2.30. The molecule has 0 fully saturated rings. The van der Waals surface area contributed by atoms with Crippen LogP contribution in [0.1, 0.15) is 33.2 Å². The molecule has 0 spiro atoms. The van der Waals surface area contributed by atoms with Crippen molar-refractivity contribution >= 4 is 34.9 Å². The second-order valence-corrected chi connectivity index (χ2v) is 5.66. The SMILES string of the molecule is C[C@@H](OC(=O)c1ccccc1C(=O)c1ccc(Cl)c([N+](=O)[O-])c1)C(N)=O. The first-order valence-electron chi connectivity index (χ1n) is 7.30. The minimum Gasteiger partial charge on any atom is -0.449 e. The number of esters is 1. The standard InChI is InChI=1S/C17H13ClN2O6/c1-9(16(19)22)26-17(23)12-5-3-2-4-11(12)15(21)10-6-7-13(18)14(8-10)20(24)25/h2-9H,1H3,(H2,19,22)/t9-/m1/s1. The maximum atomic E-state index is 12.7.